The summed E-state index contributed by atoms with van der Waals surface area (Å²) in [5, 5.41) is 0. The number of halogens is 1. The lowest BCUT2D eigenvalue weighted by molar-refractivity contribution is 0.212. The molecule has 0 amide bonds. The van der Waals surface area contributed by atoms with Crippen LogP contribution >= 0.6 is 15.9 Å². The highest BCUT2D eigenvalue weighted by Gasteiger charge is 2.35. The standard InChI is InChI=1S/C16H23BrO/c1-12-11-13(18-3)7-8-14(12)15(17)16(2)9-5-4-6-10-16/h7-8,11,15H,4-6,9-10H2,1-3H3. The summed E-state index contributed by atoms with van der Waals surface area (Å²) in [5.41, 5.74) is 3.14. The third-order valence-corrected chi connectivity index (χ3v) is 5.96. The molecule has 1 unspecified atom stereocenters. The largest absolute Gasteiger partial charge is 0.497 e. The van der Waals surface area contributed by atoms with Gasteiger partial charge in [0.05, 0.1) is 7.11 Å². The number of alkyl halides is 1. The Balaban J connectivity index is 2.24. The van der Waals surface area contributed by atoms with Gasteiger partial charge in [-0.3, -0.25) is 0 Å². The van der Waals surface area contributed by atoms with Crippen LogP contribution in [0.3, 0.4) is 0 Å². The molecule has 2 heteroatoms. The highest BCUT2D eigenvalue weighted by Crippen LogP contribution is 2.50. The summed E-state index contributed by atoms with van der Waals surface area (Å²) < 4.78 is 5.29. The molecule has 0 spiro atoms. The van der Waals surface area contributed by atoms with Crippen molar-refractivity contribution < 1.29 is 4.74 Å². The fourth-order valence-electron chi connectivity index (χ4n) is 3.05. The van der Waals surface area contributed by atoms with Crippen LogP contribution in [0.2, 0.25) is 0 Å². The van der Waals surface area contributed by atoms with Gasteiger partial charge in [-0.2, -0.15) is 0 Å². The zero-order valence-corrected chi connectivity index (χ0v) is 13.2. The van der Waals surface area contributed by atoms with Gasteiger partial charge in [0.15, 0.2) is 0 Å². The molecule has 1 aliphatic rings. The number of hydrogen-bond donors (Lipinski definition) is 0. The van der Waals surface area contributed by atoms with E-state index >= 15 is 0 Å². The van der Waals surface area contributed by atoms with Crippen molar-refractivity contribution >= 4 is 15.9 Å². The molecule has 1 aliphatic carbocycles. The second-order valence-corrected chi connectivity index (χ2v) is 6.72. The Morgan fingerprint density at radius 2 is 1.89 bits per heavy atom. The van der Waals surface area contributed by atoms with Gasteiger partial charge in [-0.15, -0.1) is 0 Å². The topological polar surface area (TPSA) is 9.23 Å². The monoisotopic (exact) mass is 310 g/mol. The maximum absolute atomic E-state index is 5.29. The highest BCUT2D eigenvalue weighted by atomic mass is 79.9. The fraction of sp³-hybridized carbons (Fsp3) is 0.625. The smallest absolute Gasteiger partial charge is 0.119 e. The molecule has 0 saturated heterocycles. The van der Waals surface area contributed by atoms with Gasteiger partial charge in [-0.1, -0.05) is 48.2 Å². The van der Waals surface area contributed by atoms with Crippen LogP contribution in [0.1, 0.15) is 55.0 Å². The van der Waals surface area contributed by atoms with Crippen molar-refractivity contribution in [2.24, 2.45) is 5.41 Å². The molecule has 18 heavy (non-hydrogen) atoms. The minimum absolute atomic E-state index is 0.400. The van der Waals surface area contributed by atoms with Crippen molar-refractivity contribution in [3.05, 3.63) is 29.3 Å². The van der Waals surface area contributed by atoms with E-state index in [0.717, 1.165) is 5.75 Å². The third kappa shape index (κ3) is 2.74. The van der Waals surface area contributed by atoms with Crippen molar-refractivity contribution in [2.45, 2.75) is 50.8 Å². The van der Waals surface area contributed by atoms with Crippen molar-refractivity contribution in [3.8, 4) is 5.75 Å². The van der Waals surface area contributed by atoms with Crippen LogP contribution in [0.4, 0.5) is 0 Å². The molecule has 1 atom stereocenters. The van der Waals surface area contributed by atoms with E-state index in [1.54, 1.807) is 7.11 Å². The first kappa shape index (κ1) is 13.9. The van der Waals surface area contributed by atoms with Crippen LogP contribution in [0.25, 0.3) is 0 Å². The molecule has 1 aromatic carbocycles. The summed E-state index contributed by atoms with van der Waals surface area (Å²) >= 11 is 3.96. The van der Waals surface area contributed by atoms with Crippen molar-refractivity contribution in [1.29, 1.82) is 0 Å². The lowest BCUT2D eigenvalue weighted by Gasteiger charge is -2.38. The van der Waals surface area contributed by atoms with E-state index in [1.807, 2.05) is 0 Å². The van der Waals surface area contributed by atoms with E-state index in [9.17, 15) is 0 Å². The molecule has 1 nitrogen and oxygen atoms in total. The summed E-state index contributed by atoms with van der Waals surface area (Å²) in [4.78, 5) is 0.455. The van der Waals surface area contributed by atoms with Gasteiger partial charge in [0.2, 0.25) is 0 Å². The summed E-state index contributed by atoms with van der Waals surface area (Å²) in [6.07, 6.45) is 6.79. The van der Waals surface area contributed by atoms with Crippen molar-refractivity contribution in [3.63, 3.8) is 0 Å². The normalized spacial score (nSPS) is 20.4. The van der Waals surface area contributed by atoms with Gasteiger partial charge in [0.1, 0.15) is 5.75 Å². The Kier molecular flexibility index (Phi) is 4.37. The lowest BCUT2D eigenvalue weighted by Crippen LogP contribution is -2.25. The zero-order valence-electron chi connectivity index (χ0n) is 11.6. The first-order valence-corrected chi connectivity index (χ1v) is 7.77. The molecule has 1 saturated carbocycles. The minimum Gasteiger partial charge on any atom is -0.497 e. The summed E-state index contributed by atoms with van der Waals surface area (Å²) in [7, 11) is 1.72. The Bertz CT molecular complexity index is 408. The average Bonchev–Trinajstić information content (AvgIpc) is 2.38. The number of hydrogen-bond acceptors (Lipinski definition) is 1. The van der Waals surface area contributed by atoms with Crippen molar-refractivity contribution in [2.75, 3.05) is 7.11 Å². The fourth-order valence-corrected chi connectivity index (χ4v) is 4.02. The second kappa shape index (κ2) is 5.64. The van der Waals surface area contributed by atoms with Gasteiger partial charge < -0.3 is 4.74 Å². The molecule has 0 heterocycles. The Morgan fingerprint density at radius 1 is 1.22 bits per heavy atom. The quantitative estimate of drug-likeness (QED) is 0.678. The highest BCUT2D eigenvalue weighted by molar-refractivity contribution is 9.09. The number of rotatable bonds is 3. The molecule has 0 N–H and O–H groups in total. The van der Waals surface area contributed by atoms with E-state index in [-0.39, 0.29) is 0 Å². The maximum atomic E-state index is 5.29. The summed E-state index contributed by atoms with van der Waals surface area (Å²) in [5.74, 6) is 0.949. The summed E-state index contributed by atoms with van der Waals surface area (Å²) in [6, 6.07) is 6.42. The molecule has 0 aliphatic heterocycles. The first-order chi connectivity index (χ1) is 8.57. The molecule has 1 fully saturated rings. The molecular formula is C16H23BrO. The van der Waals surface area contributed by atoms with E-state index in [2.05, 4.69) is 48.0 Å². The van der Waals surface area contributed by atoms with Gasteiger partial charge in [0, 0.05) is 4.83 Å². The average molecular weight is 311 g/mol. The molecular weight excluding hydrogens is 288 g/mol. The van der Waals surface area contributed by atoms with Gasteiger partial charge in [-0.25, -0.2) is 0 Å². The number of ether oxygens (including phenoxy) is 1. The maximum Gasteiger partial charge on any atom is 0.119 e. The number of benzene rings is 1. The SMILES string of the molecule is COc1ccc(C(Br)C2(C)CCCCC2)c(C)c1. The van der Waals surface area contributed by atoms with Gasteiger partial charge in [-0.05, 0) is 48.4 Å². The molecule has 0 aromatic heterocycles. The molecule has 0 radical (unpaired) electrons. The minimum atomic E-state index is 0.400. The van der Waals surface area contributed by atoms with Gasteiger partial charge >= 0.3 is 0 Å². The summed E-state index contributed by atoms with van der Waals surface area (Å²) in [6.45, 7) is 4.60. The van der Waals surface area contributed by atoms with Crippen LogP contribution in [-0.4, -0.2) is 7.11 Å². The molecule has 100 valence electrons. The molecule has 1 aromatic rings. The van der Waals surface area contributed by atoms with Crippen LogP contribution in [0.5, 0.6) is 5.75 Å². The Labute approximate surface area is 119 Å². The lowest BCUT2D eigenvalue weighted by atomic mass is 9.71. The molecule has 0 bridgehead atoms. The van der Waals surface area contributed by atoms with E-state index in [4.69, 9.17) is 4.74 Å². The molecule has 2 rings (SSSR count). The van der Waals surface area contributed by atoms with E-state index in [1.165, 1.54) is 43.2 Å². The predicted octanol–water partition coefficient (Wildman–Crippen LogP) is 5.41. The van der Waals surface area contributed by atoms with Crippen LogP contribution < -0.4 is 4.74 Å². The van der Waals surface area contributed by atoms with Crippen LogP contribution in [0.15, 0.2) is 18.2 Å². The first-order valence-electron chi connectivity index (χ1n) is 6.85. The van der Waals surface area contributed by atoms with E-state index < -0.39 is 0 Å². The van der Waals surface area contributed by atoms with Gasteiger partial charge in [0.25, 0.3) is 0 Å². The Hall–Kier alpha value is -0.500. The van der Waals surface area contributed by atoms with Crippen molar-refractivity contribution in [1.82, 2.24) is 0 Å². The predicted molar refractivity (Wildman–Crippen MR) is 80.6 cm³/mol. The van der Waals surface area contributed by atoms with Crippen LogP contribution in [0, 0.1) is 12.3 Å². The second-order valence-electron chi connectivity index (χ2n) is 5.80. The zero-order chi connectivity index (χ0) is 13.2. The number of methoxy groups -OCH3 is 1. The third-order valence-electron chi connectivity index (χ3n) is 4.36. The number of aryl methyl sites for hydroxylation is 1. The van der Waals surface area contributed by atoms with E-state index in [0.29, 0.717) is 10.2 Å². The van der Waals surface area contributed by atoms with Crippen LogP contribution in [-0.2, 0) is 0 Å². The Morgan fingerprint density at radius 3 is 2.44 bits per heavy atom.